The molecular weight excluding hydrogens is 338 g/mol. The van der Waals surface area contributed by atoms with Gasteiger partial charge in [0.2, 0.25) is 0 Å². The van der Waals surface area contributed by atoms with E-state index in [1.165, 1.54) is 18.4 Å². The van der Waals surface area contributed by atoms with Crippen molar-refractivity contribution in [1.82, 2.24) is 4.90 Å². The normalized spacial score (nSPS) is 26.1. The average molecular weight is 374 g/mol. The smallest absolute Gasteiger partial charge is 0.410 e. The first-order valence-electron chi connectivity index (χ1n) is 10.6. The van der Waals surface area contributed by atoms with Crippen LogP contribution in [0.2, 0.25) is 0 Å². The number of amides is 1. The molecule has 1 amide bonds. The van der Waals surface area contributed by atoms with Crippen molar-refractivity contribution in [2.45, 2.75) is 103 Å². The molecule has 4 heteroatoms. The van der Waals surface area contributed by atoms with Gasteiger partial charge >= 0.3 is 6.09 Å². The van der Waals surface area contributed by atoms with Crippen LogP contribution in [0.4, 0.5) is 4.79 Å². The molecule has 150 valence electrons. The third-order valence-electron chi connectivity index (χ3n) is 5.64. The number of hydrogen-bond donors (Lipinski definition) is 0. The summed E-state index contributed by atoms with van der Waals surface area (Å²) in [6.45, 7) is 8.02. The summed E-state index contributed by atoms with van der Waals surface area (Å²) in [5.74, 6) is 0. The van der Waals surface area contributed by atoms with Crippen LogP contribution in [0.15, 0.2) is 30.3 Å². The van der Waals surface area contributed by atoms with E-state index in [1.807, 2.05) is 25.7 Å². The molecule has 2 fully saturated rings. The standard InChI is InChI=1S/C23H35NO3/c1-5-6-12-21(17-10-8-7-9-11-17)26-20-15-18-13-14-19(16-20)24(18)22(25)27-23(2,3)4/h7-11,18-21H,5-6,12-16H2,1-4H3/t18-,19+,20?,21?. The summed E-state index contributed by atoms with van der Waals surface area (Å²) >= 11 is 0. The first-order chi connectivity index (χ1) is 12.9. The number of piperidine rings is 1. The molecule has 0 aliphatic carbocycles. The van der Waals surface area contributed by atoms with E-state index in [0.29, 0.717) is 0 Å². The lowest BCUT2D eigenvalue weighted by atomic mass is 9.98. The first-order valence-corrected chi connectivity index (χ1v) is 10.6. The number of carbonyl (C=O) groups is 1. The van der Waals surface area contributed by atoms with Crippen LogP contribution in [0, 0.1) is 0 Å². The Bertz CT molecular complexity index is 596. The molecule has 1 aromatic rings. The molecule has 4 atom stereocenters. The maximum absolute atomic E-state index is 12.6. The number of carbonyl (C=O) groups excluding carboxylic acids is 1. The summed E-state index contributed by atoms with van der Waals surface area (Å²) in [6, 6.07) is 11.1. The highest BCUT2D eigenvalue weighted by Crippen LogP contribution is 2.40. The molecule has 4 nitrogen and oxygen atoms in total. The first kappa shape index (κ1) is 20.2. The van der Waals surface area contributed by atoms with Crippen molar-refractivity contribution in [3.8, 4) is 0 Å². The highest BCUT2D eigenvalue weighted by Gasteiger charge is 2.45. The molecule has 0 spiro atoms. The number of nitrogens with zero attached hydrogens (tertiary/aromatic N) is 1. The zero-order valence-electron chi connectivity index (χ0n) is 17.3. The van der Waals surface area contributed by atoms with Crippen LogP contribution in [0.25, 0.3) is 0 Å². The average Bonchev–Trinajstić information content (AvgIpc) is 2.89. The monoisotopic (exact) mass is 373 g/mol. The maximum Gasteiger partial charge on any atom is 0.410 e. The molecule has 0 radical (unpaired) electrons. The Morgan fingerprint density at radius 1 is 1.15 bits per heavy atom. The van der Waals surface area contributed by atoms with Crippen LogP contribution >= 0.6 is 0 Å². The van der Waals surface area contributed by atoms with Crippen molar-refractivity contribution in [2.75, 3.05) is 0 Å². The van der Waals surface area contributed by atoms with Gasteiger partial charge in [0.15, 0.2) is 0 Å². The molecule has 0 aromatic heterocycles. The molecule has 2 unspecified atom stereocenters. The number of rotatable bonds is 6. The van der Waals surface area contributed by atoms with Crippen molar-refractivity contribution >= 4 is 6.09 Å². The summed E-state index contributed by atoms with van der Waals surface area (Å²) in [5.41, 5.74) is 0.829. The lowest BCUT2D eigenvalue weighted by Crippen LogP contribution is -2.50. The number of ether oxygens (including phenoxy) is 2. The van der Waals surface area contributed by atoms with E-state index in [9.17, 15) is 4.79 Å². The Morgan fingerprint density at radius 3 is 2.33 bits per heavy atom. The Morgan fingerprint density at radius 2 is 1.78 bits per heavy atom. The van der Waals surface area contributed by atoms with Gasteiger partial charge < -0.3 is 14.4 Å². The number of fused-ring (bicyclic) bond motifs is 2. The fourth-order valence-corrected chi connectivity index (χ4v) is 4.45. The fourth-order valence-electron chi connectivity index (χ4n) is 4.45. The van der Waals surface area contributed by atoms with Crippen molar-refractivity contribution in [1.29, 1.82) is 0 Å². The number of benzene rings is 1. The molecule has 0 N–H and O–H groups in total. The zero-order chi connectivity index (χ0) is 19.4. The van der Waals surface area contributed by atoms with Gasteiger partial charge in [0, 0.05) is 12.1 Å². The van der Waals surface area contributed by atoms with Crippen LogP contribution in [0.5, 0.6) is 0 Å². The minimum atomic E-state index is -0.442. The summed E-state index contributed by atoms with van der Waals surface area (Å²) in [6.07, 6.45) is 7.60. The molecule has 2 aliphatic rings. The summed E-state index contributed by atoms with van der Waals surface area (Å²) in [7, 11) is 0. The van der Waals surface area contributed by atoms with E-state index in [-0.39, 0.29) is 30.4 Å². The molecule has 2 aliphatic heterocycles. The minimum absolute atomic E-state index is 0.154. The van der Waals surface area contributed by atoms with E-state index in [1.54, 1.807) is 0 Å². The van der Waals surface area contributed by atoms with Crippen molar-refractivity contribution in [3.63, 3.8) is 0 Å². The second kappa shape index (κ2) is 8.64. The lowest BCUT2D eigenvalue weighted by Gasteiger charge is -2.40. The van der Waals surface area contributed by atoms with Crippen molar-refractivity contribution in [2.24, 2.45) is 0 Å². The van der Waals surface area contributed by atoms with Crippen molar-refractivity contribution in [3.05, 3.63) is 35.9 Å². The number of unbranched alkanes of at least 4 members (excludes halogenated alkanes) is 1. The minimum Gasteiger partial charge on any atom is -0.444 e. The van der Waals surface area contributed by atoms with E-state index >= 15 is 0 Å². The largest absolute Gasteiger partial charge is 0.444 e. The summed E-state index contributed by atoms with van der Waals surface area (Å²) < 4.78 is 12.3. The van der Waals surface area contributed by atoms with Gasteiger partial charge in [-0.2, -0.15) is 0 Å². The van der Waals surface area contributed by atoms with E-state index in [0.717, 1.165) is 32.1 Å². The van der Waals surface area contributed by atoms with Crippen molar-refractivity contribution < 1.29 is 14.3 Å². The third-order valence-corrected chi connectivity index (χ3v) is 5.64. The van der Waals surface area contributed by atoms with Crippen LogP contribution < -0.4 is 0 Å². The Balaban J connectivity index is 1.64. The molecule has 0 saturated carbocycles. The second-order valence-corrected chi connectivity index (χ2v) is 9.04. The van der Waals surface area contributed by atoms with Gasteiger partial charge in [-0.3, -0.25) is 0 Å². The summed E-state index contributed by atoms with van der Waals surface area (Å²) in [5, 5.41) is 0. The van der Waals surface area contributed by atoms with Crippen LogP contribution in [-0.4, -0.2) is 34.8 Å². The van der Waals surface area contributed by atoms with Gasteiger partial charge in [0.25, 0.3) is 0 Å². The van der Waals surface area contributed by atoms with Gasteiger partial charge in [-0.05, 0) is 58.4 Å². The van der Waals surface area contributed by atoms with Crippen LogP contribution in [0.1, 0.15) is 84.3 Å². The highest BCUT2D eigenvalue weighted by molar-refractivity contribution is 5.69. The SMILES string of the molecule is CCCCC(OC1C[C@H]2CC[C@@H](C1)N2C(=O)OC(C)(C)C)c1ccccc1. The molecule has 1 aromatic carbocycles. The van der Waals surface area contributed by atoms with Crippen LogP contribution in [0.3, 0.4) is 0 Å². The zero-order valence-corrected chi connectivity index (χ0v) is 17.3. The molecule has 2 bridgehead atoms. The molecule has 2 heterocycles. The van der Waals surface area contributed by atoms with Crippen LogP contribution in [-0.2, 0) is 9.47 Å². The predicted octanol–water partition coefficient (Wildman–Crippen LogP) is 5.87. The van der Waals surface area contributed by atoms with E-state index < -0.39 is 5.60 Å². The fraction of sp³-hybridized carbons (Fsp3) is 0.696. The molecule has 27 heavy (non-hydrogen) atoms. The Kier molecular flexibility index (Phi) is 6.46. The predicted molar refractivity (Wildman–Crippen MR) is 108 cm³/mol. The molecule has 3 rings (SSSR count). The molecular formula is C23H35NO3. The molecule has 2 saturated heterocycles. The van der Waals surface area contributed by atoms with Gasteiger partial charge in [0.05, 0.1) is 12.2 Å². The lowest BCUT2D eigenvalue weighted by molar-refractivity contribution is -0.0685. The van der Waals surface area contributed by atoms with Gasteiger partial charge in [-0.25, -0.2) is 4.79 Å². The van der Waals surface area contributed by atoms with E-state index in [2.05, 4.69) is 37.3 Å². The maximum atomic E-state index is 12.6. The topological polar surface area (TPSA) is 38.8 Å². The summed E-state index contributed by atoms with van der Waals surface area (Å²) in [4.78, 5) is 14.6. The third kappa shape index (κ3) is 5.25. The Hall–Kier alpha value is -1.55. The highest BCUT2D eigenvalue weighted by atomic mass is 16.6. The van der Waals surface area contributed by atoms with E-state index in [4.69, 9.17) is 9.47 Å². The van der Waals surface area contributed by atoms with Gasteiger partial charge in [-0.15, -0.1) is 0 Å². The van der Waals surface area contributed by atoms with Gasteiger partial charge in [-0.1, -0.05) is 50.1 Å². The van der Waals surface area contributed by atoms with Gasteiger partial charge in [0.1, 0.15) is 5.60 Å². The Labute approximate surface area is 164 Å². The second-order valence-electron chi connectivity index (χ2n) is 9.04. The number of hydrogen-bond acceptors (Lipinski definition) is 3. The quantitative estimate of drug-likeness (QED) is 0.626.